The lowest BCUT2D eigenvalue weighted by molar-refractivity contribution is -0.119. The number of esters is 1. The average molecular weight is 402 g/mol. The number of ether oxygens (including phenoxy) is 3. The topological polar surface area (TPSA) is 73.9 Å². The maximum Gasteiger partial charge on any atom is 0.340 e. The van der Waals surface area contributed by atoms with E-state index in [-0.39, 0.29) is 21.3 Å². The first-order valence-electron chi connectivity index (χ1n) is 7.19. The molecule has 0 unspecified atom stereocenters. The van der Waals surface area contributed by atoms with E-state index in [4.69, 9.17) is 37.4 Å². The van der Waals surface area contributed by atoms with Gasteiger partial charge in [0.1, 0.15) is 17.3 Å². The van der Waals surface area contributed by atoms with Gasteiger partial charge < -0.3 is 19.5 Å². The van der Waals surface area contributed by atoms with Crippen LogP contribution in [0.1, 0.15) is 10.4 Å². The van der Waals surface area contributed by atoms with E-state index < -0.39 is 24.3 Å². The number of hydrogen-bond acceptors (Lipinski definition) is 5. The zero-order valence-corrected chi connectivity index (χ0v) is 15.3. The third-order valence-corrected chi connectivity index (χ3v) is 3.86. The number of methoxy groups -OCH3 is 2. The van der Waals surface area contributed by atoms with Crippen molar-refractivity contribution in [3.05, 3.63) is 51.8 Å². The third-order valence-electron chi connectivity index (χ3n) is 3.23. The van der Waals surface area contributed by atoms with E-state index in [9.17, 15) is 14.0 Å². The molecular weight excluding hydrogens is 388 g/mol. The molecule has 138 valence electrons. The van der Waals surface area contributed by atoms with E-state index in [1.165, 1.54) is 32.4 Å². The summed E-state index contributed by atoms with van der Waals surface area (Å²) >= 11 is 11.8. The lowest BCUT2D eigenvalue weighted by Crippen LogP contribution is -2.21. The summed E-state index contributed by atoms with van der Waals surface area (Å²) < 4.78 is 28.2. The molecular formula is C17H14Cl2FNO5. The standard InChI is InChI=1S/C17H14Cl2FNO5/c1-24-14-7-15(25-2)13(6-12(14)19)21-16(22)8-26-17(23)10-5-9(20)3-4-11(10)18/h3-7H,8H2,1-2H3,(H,21,22). The van der Waals surface area contributed by atoms with Crippen molar-refractivity contribution in [2.45, 2.75) is 0 Å². The predicted molar refractivity (Wildman–Crippen MR) is 94.9 cm³/mol. The maximum atomic E-state index is 13.2. The molecule has 0 aliphatic heterocycles. The molecule has 2 aromatic carbocycles. The lowest BCUT2D eigenvalue weighted by Gasteiger charge is -2.13. The molecule has 0 radical (unpaired) electrons. The molecule has 6 nitrogen and oxygen atoms in total. The molecule has 0 spiro atoms. The fraction of sp³-hybridized carbons (Fsp3) is 0.176. The molecule has 0 atom stereocenters. The second-order valence-corrected chi connectivity index (χ2v) is 5.75. The highest BCUT2D eigenvalue weighted by molar-refractivity contribution is 6.33. The Balaban J connectivity index is 2.04. The van der Waals surface area contributed by atoms with Crippen LogP contribution in [-0.2, 0) is 9.53 Å². The Bertz CT molecular complexity index is 844. The van der Waals surface area contributed by atoms with Gasteiger partial charge in [0.2, 0.25) is 0 Å². The van der Waals surface area contributed by atoms with Gasteiger partial charge in [-0.25, -0.2) is 9.18 Å². The summed E-state index contributed by atoms with van der Waals surface area (Å²) in [6.07, 6.45) is 0. The van der Waals surface area contributed by atoms with Crippen molar-refractivity contribution in [3.8, 4) is 11.5 Å². The molecule has 2 aromatic rings. The van der Waals surface area contributed by atoms with Gasteiger partial charge in [-0.3, -0.25) is 4.79 Å². The van der Waals surface area contributed by atoms with Crippen LogP contribution in [0.15, 0.2) is 30.3 Å². The number of amides is 1. The minimum Gasteiger partial charge on any atom is -0.495 e. The largest absolute Gasteiger partial charge is 0.495 e. The summed E-state index contributed by atoms with van der Waals surface area (Å²) in [4.78, 5) is 23.9. The Hall–Kier alpha value is -2.51. The van der Waals surface area contributed by atoms with Gasteiger partial charge in [-0.1, -0.05) is 23.2 Å². The van der Waals surface area contributed by atoms with Crippen molar-refractivity contribution in [3.63, 3.8) is 0 Å². The summed E-state index contributed by atoms with van der Waals surface area (Å²) in [5, 5.41) is 2.77. The van der Waals surface area contributed by atoms with E-state index in [2.05, 4.69) is 5.32 Å². The molecule has 0 bridgehead atoms. The number of nitrogens with one attached hydrogen (secondary N) is 1. The number of carbonyl (C=O) groups excluding carboxylic acids is 2. The van der Waals surface area contributed by atoms with Gasteiger partial charge in [0.15, 0.2) is 6.61 Å². The van der Waals surface area contributed by atoms with Crippen LogP contribution >= 0.6 is 23.2 Å². The Morgan fingerprint density at radius 2 is 1.73 bits per heavy atom. The van der Waals surface area contributed by atoms with Gasteiger partial charge in [-0.2, -0.15) is 0 Å². The van der Waals surface area contributed by atoms with Crippen molar-refractivity contribution in [1.29, 1.82) is 0 Å². The van der Waals surface area contributed by atoms with Gasteiger partial charge >= 0.3 is 5.97 Å². The molecule has 0 heterocycles. The molecule has 2 rings (SSSR count). The van der Waals surface area contributed by atoms with Gasteiger partial charge in [0, 0.05) is 6.07 Å². The first-order chi connectivity index (χ1) is 12.3. The Morgan fingerprint density at radius 3 is 2.38 bits per heavy atom. The van der Waals surface area contributed by atoms with Gasteiger partial charge in [0.05, 0.1) is 35.5 Å². The molecule has 0 aliphatic rings. The smallest absolute Gasteiger partial charge is 0.340 e. The summed E-state index contributed by atoms with van der Waals surface area (Å²) in [6.45, 7) is -0.613. The summed E-state index contributed by atoms with van der Waals surface area (Å²) in [7, 11) is 2.85. The van der Waals surface area contributed by atoms with Crippen LogP contribution in [0.4, 0.5) is 10.1 Å². The van der Waals surface area contributed by atoms with E-state index in [0.29, 0.717) is 11.5 Å². The number of benzene rings is 2. The Kier molecular flexibility index (Phi) is 6.65. The SMILES string of the molecule is COc1cc(OC)c(NC(=O)COC(=O)c2cc(F)ccc2Cl)cc1Cl. The molecule has 26 heavy (non-hydrogen) atoms. The minimum absolute atomic E-state index is 0.0143. The van der Waals surface area contributed by atoms with Crippen molar-refractivity contribution < 1.29 is 28.2 Å². The monoisotopic (exact) mass is 401 g/mol. The first kappa shape index (κ1) is 19.8. The van der Waals surface area contributed by atoms with E-state index in [1.807, 2.05) is 0 Å². The highest BCUT2D eigenvalue weighted by Crippen LogP contribution is 2.35. The average Bonchev–Trinajstić information content (AvgIpc) is 2.62. The van der Waals surface area contributed by atoms with E-state index in [0.717, 1.165) is 12.1 Å². The highest BCUT2D eigenvalue weighted by Gasteiger charge is 2.17. The number of anilines is 1. The van der Waals surface area contributed by atoms with Crippen molar-refractivity contribution in [1.82, 2.24) is 0 Å². The Morgan fingerprint density at radius 1 is 1.04 bits per heavy atom. The van der Waals surface area contributed by atoms with Crippen LogP contribution in [0.3, 0.4) is 0 Å². The summed E-state index contributed by atoms with van der Waals surface area (Å²) in [5.74, 6) is -1.55. The summed E-state index contributed by atoms with van der Waals surface area (Å²) in [6, 6.07) is 6.18. The number of halogens is 3. The molecule has 9 heteroatoms. The van der Waals surface area contributed by atoms with E-state index in [1.54, 1.807) is 0 Å². The molecule has 0 fully saturated rings. The van der Waals surface area contributed by atoms with Crippen LogP contribution in [0.2, 0.25) is 10.0 Å². The van der Waals surface area contributed by atoms with Crippen molar-refractivity contribution in [2.24, 2.45) is 0 Å². The molecule has 0 saturated carbocycles. The number of carbonyl (C=O) groups is 2. The van der Waals surface area contributed by atoms with Crippen LogP contribution < -0.4 is 14.8 Å². The van der Waals surface area contributed by atoms with Crippen LogP contribution in [0.5, 0.6) is 11.5 Å². The third kappa shape index (κ3) is 4.77. The second kappa shape index (κ2) is 8.73. The maximum absolute atomic E-state index is 13.2. The minimum atomic E-state index is -0.927. The first-order valence-corrected chi connectivity index (χ1v) is 7.94. The molecule has 1 N–H and O–H groups in total. The van der Waals surface area contributed by atoms with Crippen LogP contribution in [-0.4, -0.2) is 32.7 Å². The summed E-state index contributed by atoms with van der Waals surface area (Å²) in [5.41, 5.74) is 0.0904. The lowest BCUT2D eigenvalue weighted by atomic mass is 10.2. The number of hydrogen-bond donors (Lipinski definition) is 1. The molecule has 1 amide bonds. The van der Waals surface area contributed by atoms with Crippen LogP contribution in [0, 0.1) is 5.82 Å². The fourth-order valence-electron chi connectivity index (χ4n) is 2.01. The molecule has 0 aromatic heterocycles. The van der Waals surface area contributed by atoms with Gasteiger partial charge in [0.25, 0.3) is 5.91 Å². The van der Waals surface area contributed by atoms with Crippen LogP contribution in [0.25, 0.3) is 0 Å². The van der Waals surface area contributed by atoms with Crippen molar-refractivity contribution in [2.75, 3.05) is 26.1 Å². The van der Waals surface area contributed by atoms with Gasteiger partial charge in [-0.15, -0.1) is 0 Å². The predicted octanol–water partition coefficient (Wildman–Crippen LogP) is 3.95. The fourth-order valence-corrected chi connectivity index (χ4v) is 2.44. The molecule has 0 saturated heterocycles. The second-order valence-electron chi connectivity index (χ2n) is 4.94. The zero-order valence-electron chi connectivity index (χ0n) is 13.8. The molecule has 0 aliphatic carbocycles. The quantitative estimate of drug-likeness (QED) is 0.741. The Labute approximate surface area is 158 Å². The highest BCUT2D eigenvalue weighted by atomic mass is 35.5. The number of rotatable bonds is 6. The van der Waals surface area contributed by atoms with Gasteiger partial charge in [-0.05, 0) is 24.3 Å². The normalized spacial score (nSPS) is 10.2. The van der Waals surface area contributed by atoms with E-state index >= 15 is 0 Å². The zero-order chi connectivity index (χ0) is 19.3. The van der Waals surface area contributed by atoms with Crippen molar-refractivity contribution >= 4 is 40.8 Å².